The standard InChI is InChI=1S/C15H22N2O4/c1-3-9(2)13(16)14(19)17-12(15(20)21)8-10-4-6-11(18)7-5-10/h4-7,9,12-13,18H,3,8,16H2,1-2H3,(H,17,19)(H,20,21)/t9?,12-,13+/m1/s1. The van der Waals surface area contributed by atoms with Crippen molar-refractivity contribution in [3.05, 3.63) is 29.8 Å². The number of hydrogen-bond donors (Lipinski definition) is 4. The van der Waals surface area contributed by atoms with Crippen LogP contribution in [0.4, 0.5) is 0 Å². The van der Waals surface area contributed by atoms with E-state index in [1.54, 1.807) is 12.1 Å². The average Bonchev–Trinajstić information content (AvgIpc) is 2.46. The van der Waals surface area contributed by atoms with Crippen LogP contribution in [-0.4, -0.2) is 34.2 Å². The van der Waals surface area contributed by atoms with Gasteiger partial charge in [-0.3, -0.25) is 4.79 Å². The lowest BCUT2D eigenvalue weighted by Crippen LogP contribution is -2.51. The molecular formula is C15H22N2O4. The van der Waals surface area contributed by atoms with E-state index in [0.29, 0.717) is 5.56 Å². The summed E-state index contributed by atoms with van der Waals surface area (Å²) in [7, 11) is 0. The SMILES string of the molecule is CCC(C)[C@H](N)C(=O)N[C@H](Cc1ccc(O)cc1)C(=O)O. The summed E-state index contributed by atoms with van der Waals surface area (Å²) in [6.45, 7) is 3.77. The van der Waals surface area contributed by atoms with Gasteiger partial charge in [0.1, 0.15) is 11.8 Å². The van der Waals surface area contributed by atoms with Gasteiger partial charge in [0.25, 0.3) is 0 Å². The third-order valence-corrected chi connectivity index (χ3v) is 3.55. The van der Waals surface area contributed by atoms with Gasteiger partial charge in [0, 0.05) is 6.42 Å². The molecule has 0 heterocycles. The molecule has 0 aliphatic heterocycles. The number of hydrogen-bond acceptors (Lipinski definition) is 4. The molecule has 1 aromatic carbocycles. The summed E-state index contributed by atoms with van der Waals surface area (Å²) in [5.41, 5.74) is 6.50. The van der Waals surface area contributed by atoms with Crippen molar-refractivity contribution in [3.8, 4) is 5.75 Å². The number of nitrogens with two attached hydrogens (primary N) is 1. The summed E-state index contributed by atoms with van der Waals surface area (Å²) in [5.74, 6) is -1.50. The zero-order valence-electron chi connectivity index (χ0n) is 12.2. The van der Waals surface area contributed by atoms with Gasteiger partial charge >= 0.3 is 5.97 Å². The van der Waals surface area contributed by atoms with Gasteiger partial charge in [0.05, 0.1) is 6.04 Å². The average molecular weight is 294 g/mol. The fraction of sp³-hybridized carbons (Fsp3) is 0.467. The van der Waals surface area contributed by atoms with Gasteiger partial charge in [-0.2, -0.15) is 0 Å². The molecule has 0 aliphatic carbocycles. The molecule has 0 spiro atoms. The van der Waals surface area contributed by atoms with Crippen molar-refractivity contribution in [1.82, 2.24) is 5.32 Å². The van der Waals surface area contributed by atoms with E-state index >= 15 is 0 Å². The van der Waals surface area contributed by atoms with Crippen molar-refractivity contribution in [3.63, 3.8) is 0 Å². The predicted octanol–water partition coefficient (Wildman–Crippen LogP) is 0.877. The molecule has 21 heavy (non-hydrogen) atoms. The van der Waals surface area contributed by atoms with Crippen LogP contribution < -0.4 is 11.1 Å². The number of carbonyl (C=O) groups is 2. The van der Waals surface area contributed by atoms with Crippen LogP contribution in [0.15, 0.2) is 24.3 Å². The van der Waals surface area contributed by atoms with Crippen molar-refractivity contribution in [2.75, 3.05) is 0 Å². The molecule has 1 aromatic rings. The molecular weight excluding hydrogens is 272 g/mol. The van der Waals surface area contributed by atoms with E-state index in [9.17, 15) is 19.8 Å². The molecule has 116 valence electrons. The van der Waals surface area contributed by atoms with E-state index in [1.807, 2.05) is 13.8 Å². The molecule has 0 fully saturated rings. The molecule has 3 atom stereocenters. The number of carboxylic acids is 1. The number of carbonyl (C=O) groups excluding carboxylic acids is 1. The van der Waals surface area contributed by atoms with E-state index in [-0.39, 0.29) is 18.1 Å². The van der Waals surface area contributed by atoms with Crippen LogP contribution in [0.3, 0.4) is 0 Å². The van der Waals surface area contributed by atoms with Crippen LogP contribution in [0.5, 0.6) is 5.75 Å². The monoisotopic (exact) mass is 294 g/mol. The second-order valence-corrected chi connectivity index (χ2v) is 5.18. The maximum absolute atomic E-state index is 12.0. The van der Waals surface area contributed by atoms with Crippen LogP contribution in [0.1, 0.15) is 25.8 Å². The third kappa shape index (κ3) is 5.07. The number of phenols is 1. The van der Waals surface area contributed by atoms with Crippen molar-refractivity contribution in [2.45, 2.75) is 38.8 Å². The minimum atomic E-state index is -1.12. The lowest BCUT2D eigenvalue weighted by Gasteiger charge is -2.21. The minimum absolute atomic E-state index is 0.0203. The van der Waals surface area contributed by atoms with Gasteiger partial charge in [-0.15, -0.1) is 0 Å². The van der Waals surface area contributed by atoms with Crippen LogP contribution >= 0.6 is 0 Å². The van der Waals surface area contributed by atoms with E-state index in [0.717, 1.165) is 6.42 Å². The number of phenolic OH excluding ortho intramolecular Hbond substituents is 1. The number of aromatic hydroxyl groups is 1. The molecule has 0 bridgehead atoms. The highest BCUT2D eigenvalue weighted by molar-refractivity contribution is 5.87. The van der Waals surface area contributed by atoms with Gasteiger partial charge in [-0.05, 0) is 23.6 Å². The Kier molecular flexibility index (Phi) is 6.17. The van der Waals surface area contributed by atoms with Crippen molar-refractivity contribution < 1.29 is 19.8 Å². The zero-order chi connectivity index (χ0) is 16.0. The fourth-order valence-corrected chi connectivity index (χ4v) is 1.85. The first-order chi connectivity index (χ1) is 9.85. The number of aliphatic carboxylic acids is 1. The molecule has 1 amide bonds. The molecule has 6 nitrogen and oxygen atoms in total. The Morgan fingerprint density at radius 2 is 1.86 bits per heavy atom. The molecule has 0 saturated heterocycles. The van der Waals surface area contributed by atoms with Crippen molar-refractivity contribution in [1.29, 1.82) is 0 Å². The summed E-state index contributed by atoms with van der Waals surface area (Å²) in [6.07, 6.45) is 0.874. The Morgan fingerprint density at radius 3 is 2.33 bits per heavy atom. The summed E-state index contributed by atoms with van der Waals surface area (Å²) < 4.78 is 0. The first kappa shape index (κ1) is 17.0. The number of rotatable bonds is 7. The predicted molar refractivity (Wildman–Crippen MR) is 78.8 cm³/mol. The summed E-state index contributed by atoms with van der Waals surface area (Å²) >= 11 is 0. The molecule has 6 heteroatoms. The Hall–Kier alpha value is -2.08. The molecule has 0 saturated carbocycles. The van der Waals surface area contributed by atoms with Crippen LogP contribution in [0, 0.1) is 5.92 Å². The lowest BCUT2D eigenvalue weighted by molar-refractivity contribution is -0.142. The van der Waals surface area contributed by atoms with Gasteiger partial charge in [-0.1, -0.05) is 32.4 Å². The highest BCUT2D eigenvalue weighted by Gasteiger charge is 2.25. The Bertz CT molecular complexity index is 487. The molecule has 0 radical (unpaired) electrons. The molecule has 1 unspecified atom stereocenters. The van der Waals surface area contributed by atoms with Gasteiger partial charge in [-0.25, -0.2) is 4.79 Å². The first-order valence-corrected chi connectivity index (χ1v) is 6.91. The number of amides is 1. The van der Waals surface area contributed by atoms with E-state index in [4.69, 9.17) is 5.73 Å². The molecule has 1 rings (SSSR count). The van der Waals surface area contributed by atoms with E-state index in [2.05, 4.69) is 5.32 Å². The topological polar surface area (TPSA) is 113 Å². The van der Waals surface area contributed by atoms with Crippen molar-refractivity contribution in [2.24, 2.45) is 11.7 Å². The maximum atomic E-state index is 12.0. The van der Waals surface area contributed by atoms with Crippen molar-refractivity contribution >= 4 is 11.9 Å². The van der Waals surface area contributed by atoms with E-state index in [1.165, 1.54) is 12.1 Å². The lowest BCUT2D eigenvalue weighted by atomic mass is 9.98. The summed E-state index contributed by atoms with van der Waals surface area (Å²) in [4.78, 5) is 23.2. The Morgan fingerprint density at radius 1 is 1.29 bits per heavy atom. The smallest absolute Gasteiger partial charge is 0.326 e. The number of nitrogens with one attached hydrogen (secondary N) is 1. The van der Waals surface area contributed by atoms with Gasteiger partial charge in [0.2, 0.25) is 5.91 Å². The zero-order valence-corrected chi connectivity index (χ0v) is 12.2. The largest absolute Gasteiger partial charge is 0.508 e. The van der Waals surface area contributed by atoms with Crippen LogP contribution in [0.25, 0.3) is 0 Å². The second kappa shape index (κ2) is 7.64. The van der Waals surface area contributed by atoms with Gasteiger partial charge < -0.3 is 21.3 Å². The summed E-state index contributed by atoms with van der Waals surface area (Å²) in [6, 6.07) is 4.41. The van der Waals surface area contributed by atoms with Crippen LogP contribution in [-0.2, 0) is 16.0 Å². The maximum Gasteiger partial charge on any atom is 0.326 e. The normalized spacial score (nSPS) is 15.0. The Labute approximate surface area is 124 Å². The number of benzene rings is 1. The van der Waals surface area contributed by atoms with E-state index < -0.39 is 24.0 Å². The fourth-order valence-electron chi connectivity index (χ4n) is 1.85. The van der Waals surface area contributed by atoms with Gasteiger partial charge in [0.15, 0.2) is 0 Å². The second-order valence-electron chi connectivity index (χ2n) is 5.18. The third-order valence-electron chi connectivity index (χ3n) is 3.55. The molecule has 0 aromatic heterocycles. The highest BCUT2D eigenvalue weighted by Crippen LogP contribution is 2.12. The quantitative estimate of drug-likeness (QED) is 0.596. The number of carboxylic acid groups (broad SMARTS) is 1. The Balaban J connectivity index is 2.72. The van der Waals surface area contributed by atoms with Crippen LogP contribution in [0.2, 0.25) is 0 Å². The highest BCUT2D eigenvalue weighted by atomic mass is 16.4. The molecule has 5 N–H and O–H groups in total. The minimum Gasteiger partial charge on any atom is -0.508 e. The molecule has 0 aliphatic rings. The summed E-state index contributed by atoms with van der Waals surface area (Å²) in [5, 5.41) is 20.9. The first-order valence-electron chi connectivity index (χ1n) is 6.91.